The molecule has 0 aromatic heterocycles. The van der Waals surface area contributed by atoms with Gasteiger partial charge in [0.1, 0.15) is 5.78 Å². The van der Waals surface area contributed by atoms with Gasteiger partial charge in [0.15, 0.2) is 0 Å². The van der Waals surface area contributed by atoms with E-state index in [0.717, 1.165) is 0 Å². The van der Waals surface area contributed by atoms with Crippen LogP contribution in [0.4, 0.5) is 0 Å². The van der Waals surface area contributed by atoms with Gasteiger partial charge in [-0.25, -0.2) is 0 Å². The predicted octanol–water partition coefficient (Wildman–Crippen LogP) is 0.866. The molecule has 5 nitrogen and oxygen atoms in total. The Morgan fingerprint density at radius 3 is 1.54 bits per heavy atom. The van der Waals surface area contributed by atoms with Crippen molar-refractivity contribution in [2.24, 2.45) is 0 Å². The van der Waals surface area contributed by atoms with Crippen molar-refractivity contribution in [2.75, 3.05) is 6.61 Å². The predicted molar refractivity (Wildman–Crippen MR) is 47.4 cm³/mol. The van der Waals surface area contributed by atoms with Gasteiger partial charge in [0.25, 0.3) is 6.47 Å². The van der Waals surface area contributed by atoms with Crippen molar-refractivity contribution in [3.63, 3.8) is 0 Å². The maximum atomic E-state index is 9.82. The zero-order valence-electron chi connectivity index (χ0n) is 8.36. The summed E-state index contributed by atoms with van der Waals surface area (Å²) in [6, 6.07) is 0. The Kier molecular flexibility index (Phi) is 22.9. The lowest BCUT2D eigenvalue weighted by Crippen LogP contribution is -1.95. The van der Waals surface area contributed by atoms with Gasteiger partial charge in [-0.1, -0.05) is 0 Å². The molecule has 0 unspecified atom stereocenters. The Labute approximate surface area is 77.7 Å². The summed E-state index contributed by atoms with van der Waals surface area (Å²) in [7, 11) is 0. The Hall–Kier alpha value is -1.39. The summed E-state index contributed by atoms with van der Waals surface area (Å²) < 4.78 is 4.40. The fourth-order valence-electron chi connectivity index (χ4n) is 0.203. The van der Waals surface area contributed by atoms with Crippen LogP contribution in [0.25, 0.3) is 0 Å². The number of carbonyl (C=O) groups excluding carboxylic acids is 2. The summed E-state index contributed by atoms with van der Waals surface area (Å²) in [6.07, 6.45) is 0. The quantitative estimate of drug-likeness (QED) is 0.492. The van der Waals surface area contributed by atoms with Crippen molar-refractivity contribution in [3.05, 3.63) is 0 Å². The SMILES string of the molecule is CC(C)=O.CCOC(C)=O.O=CO. The fraction of sp³-hybridized carbons (Fsp3) is 0.625. The summed E-state index contributed by atoms with van der Waals surface area (Å²) in [4.78, 5) is 27.6. The van der Waals surface area contributed by atoms with Crippen molar-refractivity contribution < 1.29 is 24.2 Å². The van der Waals surface area contributed by atoms with Crippen LogP contribution in [0.3, 0.4) is 0 Å². The molecular weight excluding hydrogens is 176 g/mol. The first-order valence-corrected chi connectivity index (χ1v) is 3.60. The largest absolute Gasteiger partial charge is 0.483 e. The molecule has 0 saturated heterocycles. The molecule has 0 aliphatic heterocycles. The highest BCUT2D eigenvalue weighted by Crippen LogP contribution is 1.69. The Morgan fingerprint density at radius 1 is 1.31 bits per heavy atom. The molecule has 0 aromatic rings. The van der Waals surface area contributed by atoms with E-state index in [1.807, 2.05) is 0 Å². The summed E-state index contributed by atoms with van der Waals surface area (Å²) in [6.45, 7) is 6.46. The van der Waals surface area contributed by atoms with E-state index in [9.17, 15) is 9.59 Å². The molecule has 0 spiro atoms. The average molecular weight is 192 g/mol. The fourth-order valence-corrected chi connectivity index (χ4v) is 0.203. The number of ketones is 1. The van der Waals surface area contributed by atoms with Crippen molar-refractivity contribution >= 4 is 18.2 Å². The van der Waals surface area contributed by atoms with E-state index in [4.69, 9.17) is 9.90 Å². The van der Waals surface area contributed by atoms with E-state index in [1.54, 1.807) is 6.92 Å². The third-order valence-electron chi connectivity index (χ3n) is 0.348. The molecule has 78 valence electrons. The molecule has 1 N–H and O–H groups in total. The van der Waals surface area contributed by atoms with Crippen LogP contribution in [0, 0.1) is 0 Å². The van der Waals surface area contributed by atoms with Crippen molar-refractivity contribution in [1.29, 1.82) is 0 Å². The molecule has 0 rings (SSSR count). The minimum absolute atomic E-state index is 0.167. The molecule has 0 atom stereocenters. The van der Waals surface area contributed by atoms with E-state index in [2.05, 4.69) is 4.74 Å². The monoisotopic (exact) mass is 192 g/mol. The van der Waals surface area contributed by atoms with Crippen LogP contribution in [0.15, 0.2) is 0 Å². The lowest BCUT2D eigenvalue weighted by Gasteiger charge is -1.89. The number of hydrogen-bond donors (Lipinski definition) is 1. The van der Waals surface area contributed by atoms with Crippen LogP contribution in [-0.2, 0) is 19.1 Å². The summed E-state index contributed by atoms with van der Waals surface area (Å²) in [5.41, 5.74) is 0. The van der Waals surface area contributed by atoms with Crippen molar-refractivity contribution in [3.8, 4) is 0 Å². The summed E-state index contributed by atoms with van der Waals surface area (Å²) >= 11 is 0. The lowest BCUT2D eigenvalue weighted by molar-refractivity contribution is -0.140. The molecule has 0 radical (unpaired) electrons. The van der Waals surface area contributed by atoms with Gasteiger partial charge in [-0.15, -0.1) is 0 Å². The number of rotatable bonds is 1. The first kappa shape index (κ1) is 17.6. The molecule has 0 fully saturated rings. The van der Waals surface area contributed by atoms with E-state index in [1.165, 1.54) is 20.8 Å². The topological polar surface area (TPSA) is 80.7 Å². The number of carboxylic acid groups (broad SMARTS) is 1. The van der Waals surface area contributed by atoms with Crippen LogP contribution < -0.4 is 0 Å². The molecule has 0 aliphatic rings. The van der Waals surface area contributed by atoms with Crippen molar-refractivity contribution in [2.45, 2.75) is 27.7 Å². The standard InChI is InChI=1S/C4H8O2.C3H6O.CH2O2/c1-3-6-4(2)5;1-3(2)4;2-1-3/h3H2,1-2H3;1-2H3;1H,(H,2,3). The second-order valence-electron chi connectivity index (χ2n) is 1.94. The van der Waals surface area contributed by atoms with Crippen LogP contribution >= 0.6 is 0 Å². The third-order valence-corrected chi connectivity index (χ3v) is 0.348. The molecule has 13 heavy (non-hydrogen) atoms. The number of carbonyl (C=O) groups is 3. The molecule has 0 heterocycles. The Morgan fingerprint density at radius 2 is 1.54 bits per heavy atom. The van der Waals surface area contributed by atoms with Gasteiger partial charge < -0.3 is 14.6 Å². The van der Waals surface area contributed by atoms with Gasteiger partial charge in [0, 0.05) is 6.92 Å². The zero-order chi connectivity index (χ0) is 11.3. The highest BCUT2D eigenvalue weighted by Gasteiger charge is 1.81. The van der Waals surface area contributed by atoms with E-state index in [0.29, 0.717) is 6.61 Å². The highest BCUT2D eigenvalue weighted by molar-refractivity contribution is 5.72. The number of ether oxygens (including phenoxy) is 1. The molecular formula is C8H16O5. The van der Waals surface area contributed by atoms with Crippen LogP contribution in [-0.4, -0.2) is 29.9 Å². The van der Waals surface area contributed by atoms with Gasteiger partial charge in [0.05, 0.1) is 6.61 Å². The summed E-state index contributed by atoms with van der Waals surface area (Å²) in [5.74, 6) is -0.0440. The molecule has 0 amide bonds. The van der Waals surface area contributed by atoms with Gasteiger partial charge in [0.2, 0.25) is 0 Å². The normalized spacial score (nSPS) is 6.46. The van der Waals surface area contributed by atoms with Crippen LogP contribution in [0.5, 0.6) is 0 Å². The van der Waals surface area contributed by atoms with Gasteiger partial charge in [-0.2, -0.15) is 0 Å². The third kappa shape index (κ3) is 303. The minimum atomic E-state index is -0.250. The highest BCUT2D eigenvalue weighted by atomic mass is 16.5. The van der Waals surface area contributed by atoms with Crippen LogP contribution in [0.2, 0.25) is 0 Å². The van der Waals surface area contributed by atoms with E-state index in [-0.39, 0.29) is 18.2 Å². The number of esters is 1. The molecule has 0 aliphatic carbocycles. The lowest BCUT2D eigenvalue weighted by atomic mass is 10.6. The number of hydrogen-bond acceptors (Lipinski definition) is 4. The summed E-state index contributed by atoms with van der Waals surface area (Å²) in [5, 5.41) is 6.89. The molecule has 0 bridgehead atoms. The smallest absolute Gasteiger partial charge is 0.302 e. The molecule has 0 saturated carbocycles. The van der Waals surface area contributed by atoms with Crippen LogP contribution in [0.1, 0.15) is 27.7 Å². The maximum absolute atomic E-state index is 9.82. The first-order chi connectivity index (χ1) is 5.92. The van der Waals surface area contributed by atoms with Gasteiger partial charge >= 0.3 is 5.97 Å². The van der Waals surface area contributed by atoms with Gasteiger partial charge in [-0.05, 0) is 20.8 Å². The second-order valence-corrected chi connectivity index (χ2v) is 1.94. The maximum Gasteiger partial charge on any atom is 0.302 e. The Bertz CT molecular complexity index is 137. The number of Topliss-reactive ketones (excluding diaryl/α,β-unsaturated/α-hetero) is 1. The average Bonchev–Trinajstić information content (AvgIpc) is 1.86. The van der Waals surface area contributed by atoms with E-state index < -0.39 is 0 Å². The second kappa shape index (κ2) is 16.9. The molecule has 0 aromatic carbocycles. The van der Waals surface area contributed by atoms with Crippen molar-refractivity contribution in [1.82, 2.24) is 0 Å². The first-order valence-electron chi connectivity index (χ1n) is 3.60. The minimum Gasteiger partial charge on any atom is -0.483 e. The van der Waals surface area contributed by atoms with Gasteiger partial charge in [-0.3, -0.25) is 9.59 Å². The molecule has 5 heteroatoms. The zero-order valence-corrected chi connectivity index (χ0v) is 8.36. The van der Waals surface area contributed by atoms with E-state index >= 15 is 0 Å². The Balaban J connectivity index is -0.000000125.